The van der Waals surface area contributed by atoms with Gasteiger partial charge in [0.15, 0.2) is 0 Å². The van der Waals surface area contributed by atoms with Gasteiger partial charge in [0, 0.05) is 18.2 Å². The molecule has 1 aromatic rings. The molecule has 3 rings (SSSR count). The van der Waals surface area contributed by atoms with Crippen molar-refractivity contribution in [3.05, 3.63) is 23.9 Å². The van der Waals surface area contributed by atoms with Crippen LogP contribution in [0.4, 0.5) is 10.6 Å². The number of amides is 1. The second-order valence-electron chi connectivity index (χ2n) is 7.12. The van der Waals surface area contributed by atoms with E-state index in [0.717, 1.165) is 11.5 Å². The number of anilines is 1. The Morgan fingerprint density at radius 2 is 2.32 bits per heavy atom. The number of ether oxygens (including phenoxy) is 1. The molecule has 22 heavy (non-hydrogen) atoms. The van der Waals surface area contributed by atoms with Crippen LogP contribution in [0.2, 0.25) is 0 Å². The first kappa shape index (κ1) is 15.1. The summed E-state index contributed by atoms with van der Waals surface area (Å²) in [5, 5.41) is 13.1. The van der Waals surface area contributed by atoms with Gasteiger partial charge in [-0.2, -0.15) is 5.10 Å². The van der Waals surface area contributed by atoms with Gasteiger partial charge in [-0.25, -0.2) is 4.79 Å². The third-order valence-electron chi connectivity index (χ3n) is 4.26. The summed E-state index contributed by atoms with van der Waals surface area (Å²) in [6.45, 7) is 6.20. The summed E-state index contributed by atoms with van der Waals surface area (Å²) in [6, 6.07) is 0.535. The first-order valence-corrected chi connectivity index (χ1v) is 7.84. The van der Waals surface area contributed by atoms with Crippen molar-refractivity contribution in [1.29, 1.82) is 0 Å². The number of rotatable bonds is 4. The highest BCUT2D eigenvalue weighted by molar-refractivity contribution is 5.84. The van der Waals surface area contributed by atoms with Crippen LogP contribution in [0.3, 0.4) is 0 Å². The Balaban J connectivity index is 1.51. The van der Waals surface area contributed by atoms with E-state index in [4.69, 9.17) is 4.74 Å². The van der Waals surface area contributed by atoms with E-state index in [1.807, 2.05) is 20.8 Å². The lowest BCUT2D eigenvalue weighted by molar-refractivity contribution is 0.0635. The number of fused-ring (bicyclic) bond motifs is 1. The van der Waals surface area contributed by atoms with E-state index in [1.165, 1.54) is 12.8 Å². The number of allylic oxidation sites excluding steroid dienone is 1. The molecule has 2 aliphatic carbocycles. The molecule has 1 amide bonds. The zero-order valence-corrected chi connectivity index (χ0v) is 13.3. The number of hydrogen-bond donors (Lipinski definition) is 3. The maximum absolute atomic E-state index is 11.8. The number of nitrogens with zero attached hydrogens (tertiary/aromatic N) is 1. The number of hydrogen-bond acceptors (Lipinski definition) is 4. The van der Waals surface area contributed by atoms with Crippen LogP contribution in [0.25, 0.3) is 0 Å². The Kier molecular flexibility index (Phi) is 3.95. The maximum atomic E-state index is 11.8. The summed E-state index contributed by atoms with van der Waals surface area (Å²) in [5.41, 5.74) is 0.425. The van der Waals surface area contributed by atoms with Gasteiger partial charge in [-0.15, -0.1) is 0 Å². The zero-order chi connectivity index (χ0) is 15.7. The fourth-order valence-corrected chi connectivity index (χ4v) is 3.15. The quantitative estimate of drug-likeness (QED) is 0.747. The zero-order valence-electron chi connectivity index (χ0n) is 13.3. The van der Waals surface area contributed by atoms with Crippen molar-refractivity contribution < 1.29 is 9.53 Å². The summed E-state index contributed by atoms with van der Waals surface area (Å²) in [7, 11) is 0. The molecule has 1 aromatic heterocycles. The topological polar surface area (TPSA) is 79.0 Å². The average molecular weight is 304 g/mol. The van der Waals surface area contributed by atoms with Crippen LogP contribution in [0.1, 0.15) is 39.2 Å². The minimum atomic E-state index is -0.516. The molecule has 120 valence electrons. The molecule has 3 N–H and O–H groups in total. The number of aromatic amines is 1. The number of nitrogens with one attached hydrogen (secondary N) is 3. The molecule has 0 aliphatic heterocycles. The minimum Gasteiger partial charge on any atom is -0.444 e. The highest BCUT2D eigenvalue weighted by atomic mass is 16.6. The van der Waals surface area contributed by atoms with Crippen molar-refractivity contribution in [3.63, 3.8) is 0 Å². The smallest absolute Gasteiger partial charge is 0.413 e. The van der Waals surface area contributed by atoms with Gasteiger partial charge in [0.25, 0.3) is 0 Å². The van der Waals surface area contributed by atoms with Gasteiger partial charge < -0.3 is 10.1 Å². The predicted molar refractivity (Wildman–Crippen MR) is 84.4 cm³/mol. The molecule has 3 unspecified atom stereocenters. The molecule has 1 fully saturated rings. The molecule has 3 atom stereocenters. The molecule has 0 spiro atoms. The van der Waals surface area contributed by atoms with Gasteiger partial charge in [-0.3, -0.25) is 10.4 Å². The molecule has 1 heterocycles. The summed E-state index contributed by atoms with van der Waals surface area (Å²) < 4.78 is 5.25. The maximum Gasteiger partial charge on any atom is 0.413 e. The molecule has 1 saturated carbocycles. The van der Waals surface area contributed by atoms with Crippen LogP contribution < -0.4 is 10.6 Å². The fraction of sp³-hybridized carbons (Fsp3) is 0.625. The molecule has 6 nitrogen and oxygen atoms in total. The second-order valence-corrected chi connectivity index (χ2v) is 7.12. The predicted octanol–water partition coefficient (Wildman–Crippen LogP) is 2.81. The Labute approximate surface area is 130 Å². The van der Waals surface area contributed by atoms with Crippen LogP contribution >= 0.6 is 0 Å². The normalized spacial score (nSPS) is 26.4. The van der Waals surface area contributed by atoms with E-state index >= 15 is 0 Å². The lowest BCUT2D eigenvalue weighted by Crippen LogP contribution is -2.47. The summed E-state index contributed by atoms with van der Waals surface area (Å²) >= 11 is 0. The largest absolute Gasteiger partial charge is 0.444 e. The number of carbonyl (C=O) groups is 1. The molecule has 0 radical (unpaired) electrons. The molecule has 0 bridgehead atoms. The van der Waals surface area contributed by atoms with Crippen molar-refractivity contribution in [3.8, 4) is 0 Å². The Bertz CT molecular complexity index is 573. The third kappa shape index (κ3) is 3.32. The molecule has 2 aliphatic rings. The monoisotopic (exact) mass is 304 g/mol. The molecule has 0 saturated heterocycles. The first-order chi connectivity index (χ1) is 10.4. The van der Waals surface area contributed by atoms with E-state index in [9.17, 15) is 4.79 Å². The van der Waals surface area contributed by atoms with E-state index in [-0.39, 0.29) is 0 Å². The standard InChI is InChI=1S/C16H24N4O2/c1-16(2,3)22-15(21)19-14-11(9-18-20-14)8-17-13-7-10-5-4-6-12(10)13/h4,6,9-10,12-13,17H,5,7-8H2,1-3H3,(H2,18,19,20,21). The van der Waals surface area contributed by atoms with E-state index < -0.39 is 11.7 Å². The summed E-state index contributed by atoms with van der Waals surface area (Å²) in [4.78, 5) is 11.8. The van der Waals surface area contributed by atoms with Crippen LogP contribution in [-0.2, 0) is 11.3 Å². The van der Waals surface area contributed by atoms with Gasteiger partial charge in [0.1, 0.15) is 11.4 Å². The van der Waals surface area contributed by atoms with Crippen molar-refractivity contribution in [2.45, 2.75) is 51.8 Å². The van der Waals surface area contributed by atoms with E-state index in [0.29, 0.717) is 24.3 Å². The van der Waals surface area contributed by atoms with Crippen LogP contribution in [0.15, 0.2) is 18.3 Å². The van der Waals surface area contributed by atoms with Gasteiger partial charge in [-0.1, -0.05) is 12.2 Å². The van der Waals surface area contributed by atoms with Gasteiger partial charge in [-0.05, 0) is 45.4 Å². The highest BCUT2D eigenvalue weighted by Crippen LogP contribution is 2.42. The molecular formula is C16H24N4O2. The molecule has 6 heteroatoms. The van der Waals surface area contributed by atoms with Gasteiger partial charge >= 0.3 is 6.09 Å². The minimum absolute atomic E-state index is 0.472. The highest BCUT2D eigenvalue weighted by Gasteiger charge is 2.40. The summed E-state index contributed by atoms with van der Waals surface area (Å²) in [6.07, 6.45) is 8.32. The third-order valence-corrected chi connectivity index (χ3v) is 4.26. The van der Waals surface area contributed by atoms with Crippen molar-refractivity contribution in [1.82, 2.24) is 15.5 Å². The Morgan fingerprint density at radius 1 is 1.50 bits per heavy atom. The average Bonchev–Trinajstić information content (AvgIpc) is 2.95. The number of carbonyl (C=O) groups excluding carboxylic acids is 1. The van der Waals surface area contributed by atoms with Crippen molar-refractivity contribution in [2.24, 2.45) is 11.8 Å². The Morgan fingerprint density at radius 3 is 3.05 bits per heavy atom. The van der Waals surface area contributed by atoms with Gasteiger partial charge in [0.05, 0.1) is 6.20 Å². The lowest BCUT2D eigenvalue weighted by atomic mass is 9.71. The van der Waals surface area contributed by atoms with E-state index in [1.54, 1.807) is 6.20 Å². The van der Waals surface area contributed by atoms with Crippen molar-refractivity contribution in [2.75, 3.05) is 5.32 Å². The number of H-pyrrole nitrogens is 1. The van der Waals surface area contributed by atoms with Crippen LogP contribution in [0, 0.1) is 11.8 Å². The molecular weight excluding hydrogens is 280 g/mol. The SMILES string of the molecule is CC(C)(C)OC(=O)Nc1[nH]ncc1CNC1CC2CC=CC21. The van der Waals surface area contributed by atoms with Gasteiger partial charge in [0.2, 0.25) is 0 Å². The van der Waals surface area contributed by atoms with E-state index in [2.05, 4.69) is 33.0 Å². The number of aromatic nitrogens is 2. The van der Waals surface area contributed by atoms with Crippen molar-refractivity contribution >= 4 is 11.9 Å². The Hall–Kier alpha value is -1.82. The van der Waals surface area contributed by atoms with Crippen LogP contribution in [0.5, 0.6) is 0 Å². The van der Waals surface area contributed by atoms with Crippen LogP contribution in [-0.4, -0.2) is 27.9 Å². The lowest BCUT2D eigenvalue weighted by Gasteiger charge is -2.40. The fourth-order valence-electron chi connectivity index (χ4n) is 3.15. The first-order valence-electron chi connectivity index (χ1n) is 7.84. The second kappa shape index (κ2) is 5.76. The summed E-state index contributed by atoms with van der Waals surface area (Å²) in [5.74, 6) is 2.11. The molecule has 0 aromatic carbocycles.